The minimum absolute atomic E-state index is 0.787. The van der Waals surface area contributed by atoms with Crippen LogP contribution in [-0.4, -0.2) is 22.2 Å². The van der Waals surface area contributed by atoms with Crippen molar-refractivity contribution >= 4 is 9.12 Å². The van der Waals surface area contributed by atoms with E-state index in [2.05, 4.69) is 23.8 Å². The van der Waals surface area contributed by atoms with Gasteiger partial charge in [0.2, 0.25) is 0 Å². The largest absolute Gasteiger partial charge is 0.328 e. The Balaban J connectivity index is 2.19. The van der Waals surface area contributed by atoms with Crippen molar-refractivity contribution in [2.45, 2.75) is 45.6 Å². The Morgan fingerprint density at radius 1 is 1.08 bits per heavy atom. The van der Waals surface area contributed by atoms with Crippen LogP contribution in [-0.2, 0) is 0 Å². The van der Waals surface area contributed by atoms with Crippen molar-refractivity contribution in [1.82, 2.24) is 9.96 Å². The molecule has 1 aliphatic carbocycles. The number of hydrogen-bond acceptors (Lipinski definition) is 2. The molecule has 78 valence electrons. The van der Waals surface area contributed by atoms with Crippen molar-refractivity contribution in [3.8, 4) is 0 Å². The van der Waals surface area contributed by atoms with Gasteiger partial charge in [0.25, 0.3) is 0 Å². The first-order chi connectivity index (χ1) is 6.36. The zero-order valence-corrected chi connectivity index (χ0v) is 10.3. The summed E-state index contributed by atoms with van der Waals surface area (Å²) in [6, 6.07) is 1.46. The predicted molar refractivity (Wildman–Crippen MR) is 61.3 cm³/mol. The van der Waals surface area contributed by atoms with E-state index in [1.807, 2.05) is 0 Å². The zero-order valence-electron chi connectivity index (χ0n) is 9.10. The minimum Gasteiger partial charge on any atom is -0.328 e. The van der Waals surface area contributed by atoms with Crippen molar-refractivity contribution in [1.29, 1.82) is 0 Å². The topological polar surface area (TPSA) is 24.1 Å². The molecule has 0 aromatic rings. The molecular weight excluding hydrogens is 176 g/mol. The average Bonchev–Trinajstić information content (AvgIpc) is 2.58. The summed E-state index contributed by atoms with van der Waals surface area (Å²) in [7, 11) is -0.787. The molecule has 0 aliphatic heterocycles. The van der Waals surface area contributed by atoms with E-state index < -0.39 is 9.12 Å². The molecule has 1 saturated carbocycles. The van der Waals surface area contributed by atoms with Gasteiger partial charge in [0.05, 0.1) is 0 Å². The SMILES string of the molecule is CCN[SiH](CC1CCCC1)NCC. The molecule has 1 rings (SSSR count). The van der Waals surface area contributed by atoms with Crippen LogP contribution in [0.25, 0.3) is 0 Å². The molecule has 0 aromatic heterocycles. The Labute approximate surface area is 84.3 Å². The molecule has 0 heterocycles. The first kappa shape index (κ1) is 11.2. The molecular formula is C10H24N2Si. The summed E-state index contributed by atoms with van der Waals surface area (Å²) in [5.74, 6) is 1.04. The second-order valence-electron chi connectivity index (χ2n) is 4.05. The molecule has 1 aliphatic rings. The normalized spacial score (nSPS) is 18.7. The van der Waals surface area contributed by atoms with Crippen molar-refractivity contribution in [3.63, 3.8) is 0 Å². The van der Waals surface area contributed by atoms with Crippen molar-refractivity contribution in [2.24, 2.45) is 5.92 Å². The van der Waals surface area contributed by atoms with Crippen LogP contribution in [0.5, 0.6) is 0 Å². The third kappa shape index (κ3) is 4.25. The summed E-state index contributed by atoms with van der Waals surface area (Å²) in [6.07, 6.45) is 5.93. The van der Waals surface area contributed by atoms with Gasteiger partial charge >= 0.3 is 0 Å². The lowest BCUT2D eigenvalue weighted by Crippen LogP contribution is -2.48. The average molecular weight is 200 g/mol. The molecule has 0 unspecified atom stereocenters. The summed E-state index contributed by atoms with van der Waals surface area (Å²) >= 11 is 0. The summed E-state index contributed by atoms with van der Waals surface area (Å²) in [6.45, 7) is 6.70. The van der Waals surface area contributed by atoms with E-state index in [-0.39, 0.29) is 0 Å². The van der Waals surface area contributed by atoms with E-state index >= 15 is 0 Å². The van der Waals surface area contributed by atoms with Crippen LogP contribution >= 0.6 is 0 Å². The molecule has 1 fully saturated rings. The standard InChI is InChI=1S/C10H24N2Si/c1-3-11-13(12-4-2)9-10-7-5-6-8-10/h10-13H,3-9H2,1-2H3. The van der Waals surface area contributed by atoms with Gasteiger partial charge in [0.1, 0.15) is 0 Å². The van der Waals surface area contributed by atoms with Gasteiger partial charge in [0.15, 0.2) is 9.12 Å². The fourth-order valence-electron chi connectivity index (χ4n) is 2.31. The molecule has 0 aromatic carbocycles. The van der Waals surface area contributed by atoms with Gasteiger partial charge in [-0.05, 0) is 25.1 Å². The van der Waals surface area contributed by atoms with Gasteiger partial charge < -0.3 is 9.96 Å². The van der Waals surface area contributed by atoms with Crippen LogP contribution in [0.4, 0.5) is 0 Å². The highest BCUT2D eigenvalue weighted by Gasteiger charge is 2.20. The van der Waals surface area contributed by atoms with E-state index in [9.17, 15) is 0 Å². The lowest BCUT2D eigenvalue weighted by molar-refractivity contribution is 0.594. The van der Waals surface area contributed by atoms with Crippen molar-refractivity contribution < 1.29 is 0 Å². The second kappa shape index (κ2) is 6.57. The van der Waals surface area contributed by atoms with Crippen LogP contribution < -0.4 is 9.96 Å². The first-order valence-corrected chi connectivity index (χ1v) is 7.80. The summed E-state index contributed by atoms with van der Waals surface area (Å²) in [5.41, 5.74) is 0. The predicted octanol–water partition coefficient (Wildman–Crippen LogP) is 1.62. The molecule has 13 heavy (non-hydrogen) atoms. The quantitative estimate of drug-likeness (QED) is 0.637. The Bertz CT molecular complexity index is 118. The maximum atomic E-state index is 3.64. The van der Waals surface area contributed by atoms with Crippen molar-refractivity contribution in [3.05, 3.63) is 0 Å². The molecule has 0 atom stereocenters. The zero-order chi connectivity index (χ0) is 9.52. The molecule has 0 spiro atoms. The molecule has 0 radical (unpaired) electrons. The van der Waals surface area contributed by atoms with Crippen molar-refractivity contribution in [2.75, 3.05) is 13.1 Å². The fourth-order valence-corrected chi connectivity index (χ4v) is 4.91. The third-order valence-corrected chi connectivity index (χ3v) is 5.88. The number of hydrogen-bond donors (Lipinski definition) is 2. The van der Waals surface area contributed by atoms with Gasteiger partial charge in [0, 0.05) is 0 Å². The van der Waals surface area contributed by atoms with Gasteiger partial charge in [-0.2, -0.15) is 0 Å². The fraction of sp³-hybridized carbons (Fsp3) is 1.00. The van der Waals surface area contributed by atoms with Gasteiger partial charge in [-0.25, -0.2) is 0 Å². The summed E-state index contributed by atoms with van der Waals surface area (Å²) in [5, 5.41) is 0. The lowest BCUT2D eigenvalue weighted by Gasteiger charge is -2.19. The second-order valence-corrected chi connectivity index (χ2v) is 6.45. The smallest absolute Gasteiger partial charge is 0.184 e. The van der Waals surface area contributed by atoms with E-state index in [0.717, 1.165) is 19.0 Å². The van der Waals surface area contributed by atoms with Crippen LogP contribution in [0, 0.1) is 5.92 Å². The first-order valence-electron chi connectivity index (χ1n) is 5.83. The summed E-state index contributed by atoms with van der Waals surface area (Å²) in [4.78, 5) is 7.28. The lowest BCUT2D eigenvalue weighted by atomic mass is 10.1. The highest BCUT2D eigenvalue weighted by molar-refractivity contribution is 6.53. The van der Waals surface area contributed by atoms with E-state index in [1.165, 1.54) is 31.7 Å². The van der Waals surface area contributed by atoms with Crippen LogP contribution in [0.2, 0.25) is 6.04 Å². The molecule has 3 heteroatoms. The Morgan fingerprint density at radius 3 is 2.08 bits per heavy atom. The molecule has 0 bridgehead atoms. The highest BCUT2D eigenvalue weighted by Crippen LogP contribution is 2.28. The molecule has 2 N–H and O–H groups in total. The van der Waals surface area contributed by atoms with Crippen LogP contribution in [0.3, 0.4) is 0 Å². The van der Waals surface area contributed by atoms with E-state index in [4.69, 9.17) is 0 Å². The molecule has 2 nitrogen and oxygen atoms in total. The Kier molecular flexibility index (Phi) is 5.67. The maximum absolute atomic E-state index is 3.64. The van der Waals surface area contributed by atoms with Crippen LogP contribution in [0.15, 0.2) is 0 Å². The summed E-state index contributed by atoms with van der Waals surface area (Å²) < 4.78 is 0. The van der Waals surface area contributed by atoms with E-state index in [0.29, 0.717) is 0 Å². The number of nitrogens with one attached hydrogen (secondary N) is 2. The minimum atomic E-state index is -0.787. The van der Waals surface area contributed by atoms with E-state index in [1.54, 1.807) is 0 Å². The Hall–Kier alpha value is 0.137. The number of rotatable bonds is 6. The third-order valence-electron chi connectivity index (χ3n) is 2.94. The van der Waals surface area contributed by atoms with Crippen LogP contribution in [0.1, 0.15) is 39.5 Å². The van der Waals surface area contributed by atoms with Gasteiger partial charge in [-0.1, -0.05) is 39.5 Å². The Morgan fingerprint density at radius 2 is 1.62 bits per heavy atom. The maximum Gasteiger partial charge on any atom is 0.184 e. The highest BCUT2D eigenvalue weighted by atomic mass is 28.3. The van der Waals surface area contributed by atoms with Gasteiger partial charge in [-0.15, -0.1) is 0 Å². The molecule has 0 saturated heterocycles. The molecule has 0 amide bonds. The van der Waals surface area contributed by atoms with Gasteiger partial charge in [-0.3, -0.25) is 0 Å². The monoisotopic (exact) mass is 200 g/mol.